The molecule has 4 nitrogen and oxygen atoms in total. The minimum absolute atomic E-state index is 0.671. The number of nitrogens with two attached hydrogens (primary N) is 1. The number of rotatable bonds is 1. The Balaban J connectivity index is 0.000000847. The van der Waals surface area contributed by atoms with E-state index in [0.717, 1.165) is 33.2 Å². The lowest BCUT2D eigenvalue weighted by Crippen LogP contribution is -1.93. The minimum Gasteiger partial charge on any atom is -0.397 e. The maximum atomic E-state index is 9.18. The summed E-state index contributed by atoms with van der Waals surface area (Å²) in [4.78, 5) is 7.41. The molecule has 0 fully saturated rings. The van der Waals surface area contributed by atoms with Crippen molar-refractivity contribution in [2.24, 2.45) is 0 Å². The molecular weight excluding hydrogens is 272 g/mol. The van der Waals surface area contributed by atoms with Crippen LogP contribution in [-0.2, 0) is 0 Å². The van der Waals surface area contributed by atoms with E-state index in [4.69, 9.17) is 5.73 Å². The standard InChI is InChI=1S/C16H14N4.C2H6/c1-9-3-16-12(4-11(9)5-17)14(7-20-16)13-6-19-8-15(18)10(13)2;1-2/h3-4,6-8,20H,18H2,1-2H3;1-2H3. The number of benzene rings is 1. The summed E-state index contributed by atoms with van der Waals surface area (Å²) in [7, 11) is 0. The van der Waals surface area contributed by atoms with E-state index in [1.165, 1.54) is 0 Å². The van der Waals surface area contributed by atoms with Gasteiger partial charge in [-0.3, -0.25) is 4.98 Å². The summed E-state index contributed by atoms with van der Waals surface area (Å²) >= 11 is 0. The predicted molar refractivity (Wildman–Crippen MR) is 91.5 cm³/mol. The van der Waals surface area contributed by atoms with Crippen LogP contribution in [0.2, 0.25) is 0 Å². The van der Waals surface area contributed by atoms with Gasteiger partial charge >= 0.3 is 0 Å². The smallest absolute Gasteiger partial charge is 0.0994 e. The first-order valence-corrected chi connectivity index (χ1v) is 7.34. The van der Waals surface area contributed by atoms with Gasteiger partial charge in [-0.15, -0.1) is 0 Å². The Morgan fingerprint density at radius 1 is 1.14 bits per heavy atom. The Labute approximate surface area is 130 Å². The van der Waals surface area contributed by atoms with E-state index in [-0.39, 0.29) is 0 Å². The largest absolute Gasteiger partial charge is 0.397 e. The third kappa shape index (κ3) is 2.53. The van der Waals surface area contributed by atoms with E-state index in [9.17, 15) is 5.26 Å². The van der Waals surface area contributed by atoms with Crippen LogP contribution in [-0.4, -0.2) is 9.97 Å². The van der Waals surface area contributed by atoms with Crippen molar-refractivity contribution in [2.75, 3.05) is 5.73 Å². The van der Waals surface area contributed by atoms with Gasteiger partial charge in [-0.1, -0.05) is 13.8 Å². The average Bonchev–Trinajstić information content (AvgIpc) is 2.93. The molecule has 0 atom stereocenters. The molecule has 112 valence electrons. The monoisotopic (exact) mass is 292 g/mol. The number of nitrogens with one attached hydrogen (secondary N) is 1. The van der Waals surface area contributed by atoms with Gasteiger partial charge < -0.3 is 10.7 Å². The van der Waals surface area contributed by atoms with E-state index < -0.39 is 0 Å². The van der Waals surface area contributed by atoms with Crippen molar-refractivity contribution >= 4 is 16.6 Å². The Morgan fingerprint density at radius 3 is 2.55 bits per heavy atom. The van der Waals surface area contributed by atoms with Crippen LogP contribution in [0, 0.1) is 25.2 Å². The lowest BCUT2D eigenvalue weighted by Gasteiger charge is -2.07. The molecule has 0 unspecified atom stereocenters. The van der Waals surface area contributed by atoms with Gasteiger partial charge in [0.1, 0.15) is 0 Å². The summed E-state index contributed by atoms with van der Waals surface area (Å²) in [6.07, 6.45) is 5.40. The number of H-pyrrole nitrogens is 1. The summed E-state index contributed by atoms with van der Waals surface area (Å²) in [6, 6.07) is 6.14. The van der Waals surface area contributed by atoms with Gasteiger partial charge in [0, 0.05) is 34.4 Å². The third-order valence-corrected chi connectivity index (χ3v) is 3.69. The van der Waals surface area contributed by atoms with Crippen LogP contribution < -0.4 is 5.73 Å². The van der Waals surface area contributed by atoms with Gasteiger partial charge in [0.05, 0.1) is 23.5 Å². The van der Waals surface area contributed by atoms with E-state index in [0.29, 0.717) is 11.3 Å². The number of anilines is 1. The molecule has 3 N–H and O–H groups in total. The average molecular weight is 292 g/mol. The van der Waals surface area contributed by atoms with Gasteiger partial charge in [0.15, 0.2) is 0 Å². The minimum atomic E-state index is 0.671. The maximum Gasteiger partial charge on any atom is 0.0994 e. The molecular formula is C18H20N4. The highest BCUT2D eigenvalue weighted by Gasteiger charge is 2.12. The molecule has 4 heteroatoms. The fourth-order valence-electron chi connectivity index (χ4n) is 2.43. The summed E-state index contributed by atoms with van der Waals surface area (Å²) in [5, 5.41) is 10.2. The second kappa shape index (κ2) is 6.31. The number of fused-ring (bicyclic) bond motifs is 1. The lowest BCUT2D eigenvalue weighted by atomic mass is 9.99. The number of pyridine rings is 1. The molecule has 0 spiro atoms. The van der Waals surface area contributed by atoms with Gasteiger partial charge in [-0.2, -0.15) is 5.26 Å². The van der Waals surface area contributed by atoms with E-state index >= 15 is 0 Å². The summed E-state index contributed by atoms with van der Waals surface area (Å²) in [5.41, 5.74) is 12.3. The number of aromatic nitrogens is 2. The Kier molecular flexibility index (Phi) is 4.47. The van der Waals surface area contributed by atoms with Crippen molar-refractivity contribution in [3.05, 3.63) is 47.4 Å². The number of hydrogen-bond donors (Lipinski definition) is 2. The van der Waals surface area contributed by atoms with Crippen molar-refractivity contribution in [1.82, 2.24) is 9.97 Å². The molecule has 3 aromatic rings. The number of aromatic amines is 1. The predicted octanol–water partition coefficient (Wildman–Crippen LogP) is 4.33. The zero-order valence-electron chi connectivity index (χ0n) is 13.4. The number of nitrogens with zero attached hydrogens (tertiary/aromatic N) is 2. The van der Waals surface area contributed by atoms with Crippen LogP contribution in [0.25, 0.3) is 22.0 Å². The molecule has 2 heterocycles. The van der Waals surface area contributed by atoms with Gasteiger partial charge in [0.2, 0.25) is 0 Å². The van der Waals surface area contributed by atoms with Gasteiger partial charge in [0.25, 0.3) is 0 Å². The Morgan fingerprint density at radius 2 is 1.86 bits per heavy atom. The highest BCUT2D eigenvalue weighted by atomic mass is 14.7. The first-order chi connectivity index (χ1) is 10.6. The first kappa shape index (κ1) is 15.6. The van der Waals surface area contributed by atoms with Crippen molar-refractivity contribution in [3.63, 3.8) is 0 Å². The summed E-state index contributed by atoms with van der Waals surface area (Å²) < 4.78 is 0. The molecule has 0 bridgehead atoms. The van der Waals surface area contributed by atoms with E-state index in [1.807, 2.05) is 46.0 Å². The maximum absolute atomic E-state index is 9.18. The molecule has 0 aliphatic carbocycles. The number of hydrogen-bond acceptors (Lipinski definition) is 3. The van der Waals surface area contributed by atoms with Crippen LogP contribution >= 0.6 is 0 Å². The van der Waals surface area contributed by atoms with Crippen molar-refractivity contribution in [2.45, 2.75) is 27.7 Å². The number of nitrogen functional groups attached to an aromatic ring is 1. The second-order valence-corrected chi connectivity index (χ2v) is 4.93. The highest BCUT2D eigenvalue weighted by Crippen LogP contribution is 2.33. The fourth-order valence-corrected chi connectivity index (χ4v) is 2.43. The number of nitriles is 1. The summed E-state index contributed by atoms with van der Waals surface area (Å²) in [5.74, 6) is 0. The molecule has 2 aromatic heterocycles. The van der Waals surface area contributed by atoms with Gasteiger partial charge in [-0.05, 0) is 37.1 Å². The van der Waals surface area contributed by atoms with Crippen molar-refractivity contribution in [1.29, 1.82) is 5.26 Å². The second-order valence-electron chi connectivity index (χ2n) is 4.93. The molecule has 0 amide bonds. The quantitative estimate of drug-likeness (QED) is 0.700. The summed E-state index contributed by atoms with van der Waals surface area (Å²) in [6.45, 7) is 7.91. The highest BCUT2D eigenvalue weighted by molar-refractivity contribution is 5.97. The lowest BCUT2D eigenvalue weighted by molar-refractivity contribution is 1.29. The topological polar surface area (TPSA) is 78.5 Å². The Hall–Kier alpha value is -2.80. The zero-order chi connectivity index (χ0) is 16.3. The third-order valence-electron chi connectivity index (χ3n) is 3.69. The molecule has 0 saturated carbocycles. The van der Waals surface area contributed by atoms with Crippen LogP contribution in [0.1, 0.15) is 30.5 Å². The van der Waals surface area contributed by atoms with Crippen LogP contribution in [0.3, 0.4) is 0 Å². The molecule has 0 aliphatic heterocycles. The molecule has 0 aliphatic rings. The van der Waals surface area contributed by atoms with Crippen molar-refractivity contribution in [3.8, 4) is 17.2 Å². The van der Waals surface area contributed by atoms with E-state index in [2.05, 4.69) is 16.0 Å². The van der Waals surface area contributed by atoms with Crippen LogP contribution in [0.4, 0.5) is 5.69 Å². The zero-order valence-corrected chi connectivity index (χ0v) is 13.4. The molecule has 0 radical (unpaired) electrons. The Bertz CT molecular complexity index is 853. The molecule has 0 saturated heterocycles. The number of aryl methyl sites for hydroxylation is 1. The SMILES string of the molecule is CC.Cc1cc2[nH]cc(-c3cncc(N)c3C)c2cc1C#N. The molecule has 22 heavy (non-hydrogen) atoms. The first-order valence-electron chi connectivity index (χ1n) is 7.34. The van der Waals surface area contributed by atoms with E-state index in [1.54, 1.807) is 12.4 Å². The van der Waals surface area contributed by atoms with Gasteiger partial charge in [-0.25, -0.2) is 0 Å². The van der Waals surface area contributed by atoms with Crippen LogP contribution in [0.15, 0.2) is 30.7 Å². The normalized spacial score (nSPS) is 9.95. The fraction of sp³-hybridized carbons (Fsp3) is 0.222. The molecule has 3 rings (SSSR count). The van der Waals surface area contributed by atoms with Crippen molar-refractivity contribution < 1.29 is 0 Å². The van der Waals surface area contributed by atoms with Crippen LogP contribution in [0.5, 0.6) is 0 Å². The molecule has 1 aromatic carbocycles.